The second-order valence-corrected chi connectivity index (χ2v) is 5.84. The minimum atomic E-state index is -1.31. The van der Waals surface area contributed by atoms with Crippen LogP contribution in [0.15, 0.2) is 0 Å². The molecule has 0 aromatic carbocycles. The lowest BCUT2D eigenvalue weighted by atomic mass is 10.0. The van der Waals surface area contributed by atoms with E-state index in [9.17, 15) is 19.2 Å². The first-order valence-corrected chi connectivity index (χ1v) is 7.63. The number of rotatable bonds is 10. The van der Waals surface area contributed by atoms with Crippen LogP contribution in [0.2, 0.25) is 0 Å². The fraction of sp³-hybridized carbons (Fsp3) is 0.692. The molecule has 23 heavy (non-hydrogen) atoms. The van der Waals surface area contributed by atoms with Gasteiger partial charge in [0.2, 0.25) is 11.8 Å². The van der Waals surface area contributed by atoms with Crippen molar-refractivity contribution in [2.75, 3.05) is 5.75 Å². The first kappa shape index (κ1) is 21.2. The van der Waals surface area contributed by atoms with Crippen molar-refractivity contribution < 1.29 is 29.4 Å². The molecule has 0 aromatic rings. The molecule has 0 aliphatic rings. The highest BCUT2D eigenvalue weighted by molar-refractivity contribution is 7.80. The van der Waals surface area contributed by atoms with E-state index in [4.69, 9.17) is 15.9 Å². The second kappa shape index (κ2) is 10.1. The fourth-order valence-corrected chi connectivity index (χ4v) is 1.98. The van der Waals surface area contributed by atoms with Crippen molar-refractivity contribution in [1.29, 1.82) is 0 Å². The van der Waals surface area contributed by atoms with Crippen LogP contribution in [0, 0.1) is 5.92 Å². The largest absolute Gasteiger partial charge is 0.481 e. The molecule has 0 fully saturated rings. The zero-order valence-corrected chi connectivity index (χ0v) is 13.9. The predicted molar refractivity (Wildman–Crippen MR) is 85.0 cm³/mol. The van der Waals surface area contributed by atoms with Crippen molar-refractivity contribution in [3.8, 4) is 0 Å². The van der Waals surface area contributed by atoms with Crippen molar-refractivity contribution in [2.24, 2.45) is 11.7 Å². The normalized spacial score (nSPS) is 14.7. The second-order valence-electron chi connectivity index (χ2n) is 5.48. The van der Waals surface area contributed by atoms with E-state index in [2.05, 4.69) is 23.3 Å². The number of nitrogens with two attached hydrogens (primary N) is 1. The van der Waals surface area contributed by atoms with Crippen LogP contribution in [0.1, 0.15) is 26.7 Å². The number of carbonyl (C=O) groups excluding carboxylic acids is 2. The minimum absolute atomic E-state index is 0.0458. The minimum Gasteiger partial charge on any atom is -0.481 e. The summed E-state index contributed by atoms with van der Waals surface area (Å²) in [5.41, 5.74) is 5.39. The summed E-state index contributed by atoms with van der Waals surface area (Å²) in [4.78, 5) is 45.4. The zero-order chi connectivity index (χ0) is 18.2. The van der Waals surface area contributed by atoms with Gasteiger partial charge in [-0.2, -0.15) is 12.6 Å². The van der Waals surface area contributed by atoms with Crippen LogP contribution < -0.4 is 16.4 Å². The van der Waals surface area contributed by atoms with Crippen molar-refractivity contribution in [2.45, 2.75) is 44.8 Å². The number of carboxylic acid groups (broad SMARTS) is 2. The quantitative estimate of drug-likeness (QED) is 0.271. The van der Waals surface area contributed by atoms with Crippen molar-refractivity contribution in [3.05, 3.63) is 0 Å². The lowest BCUT2D eigenvalue weighted by Crippen LogP contribution is -2.55. The first-order chi connectivity index (χ1) is 10.6. The maximum atomic E-state index is 12.1. The molecule has 0 aliphatic carbocycles. The molecule has 0 bridgehead atoms. The van der Waals surface area contributed by atoms with Gasteiger partial charge >= 0.3 is 11.9 Å². The highest BCUT2D eigenvalue weighted by Crippen LogP contribution is 2.05. The van der Waals surface area contributed by atoms with Crippen molar-refractivity contribution >= 4 is 36.4 Å². The van der Waals surface area contributed by atoms with E-state index in [1.54, 1.807) is 0 Å². The van der Waals surface area contributed by atoms with Crippen LogP contribution in [-0.4, -0.2) is 57.8 Å². The molecule has 0 saturated heterocycles. The van der Waals surface area contributed by atoms with Gasteiger partial charge in [-0.15, -0.1) is 0 Å². The molecule has 0 aliphatic heterocycles. The Hall–Kier alpha value is -1.81. The Morgan fingerprint density at radius 2 is 1.57 bits per heavy atom. The Labute approximate surface area is 139 Å². The van der Waals surface area contributed by atoms with Gasteiger partial charge in [0, 0.05) is 5.75 Å². The lowest BCUT2D eigenvalue weighted by Gasteiger charge is -2.22. The molecular weight excluding hydrogens is 326 g/mol. The summed E-state index contributed by atoms with van der Waals surface area (Å²) in [5, 5.41) is 22.3. The Morgan fingerprint density at radius 1 is 1.04 bits per heavy atom. The lowest BCUT2D eigenvalue weighted by molar-refractivity contribution is -0.143. The van der Waals surface area contributed by atoms with E-state index >= 15 is 0 Å². The molecule has 2 amide bonds. The molecule has 6 N–H and O–H groups in total. The van der Waals surface area contributed by atoms with Gasteiger partial charge in [-0.1, -0.05) is 13.8 Å². The average molecular weight is 349 g/mol. The molecule has 0 aromatic heterocycles. The SMILES string of the molecule is CC(C)CC(NC(=O)C(CS)NC(=O)C(N)CC(=O)O)C(=O)O. The predicted octanol–water partition coefficient (Wildman–Crippen LogP) is -1.18. The van der Waals surface area contributed by atoms with E-state index in [-0.39, 0.29) is 18.1 Å². The third-order valence-electron chi connectivity index (χ3n) is 2.87. The standard InChI is InChI=1S/C13H23N3O6S/c1-6(2)3-8(13(21)22)15-12(20)9(5-23)16-11(19)7(14)4-10(17)18/h6-9,23H,3-5,14H2,1-2H3,(H,15,20)(H,16,19)(H,17,18)(H,21,22). The first-order valence-electron chi connectivity index (χ1n) is 7.00. The smallest absolute Gasteiger partial charge is 0.326 e. The summed E-state index contributed by atoms with van der Waals surface area (Å²) in [5.74, 6) is -4.02. The molecule has 0 rings (SSSR count). The van der Waals surface area contributed by atoms with E-state index < -0.39 is 48.3 Å². The van der Waals surface area contributed by atoms with Crippen LogP contribution in [0.3, 0.4) is 0 Å². The van der Waals surface area contributed by atoms with Gasteiger partial charge in [0.05, 0.1) is 12.5 Å². The summed E-state index contributed by atoms with van der Waals surface area (Å²) in [7, 11) is 0. The summed E-state index contributed by atoms with van der Waals surface area (Å²) in [6.45, 7) is 3.62. The maximum Gasteiger partial charge on any atom is 0.326 e. The van der Waals surface area contributed by atoms with Gasteiger partial charge in [-0.05, 0) is 12.3 Å². The fourth-order valence-electron chi connectivity index (χ4n) is 1.72. The molecule has 3 unspecified atom stereocenters. The van der Waals surface area contributed by atoms with Gasteiger partial charge in [0.25, 0.3) is 0 Å². The van der Waals surface area contributed by atoms with Crippen LogP contribution >= 0.6 is 12.6 Å². The van der Waals surface area contributed by atoms with Crippen molar-refractivity contribution in [1.82, 2.24) is 10.6 Å². The number of hydrogen-bond donors (Lipinski definition) is 6. The molecular formula is C13H23N3O6S. The molecule has 0 spiro atoms. The third-order valence-corrected chi connectivity index (χ3v) is 3.23. The Kier molecular flexibility index (Phi) is 9.27. The van der Waals surface area contributed by atoms with Gasteiger partial charge in [0.1, 0.15) is 12.1 Å². The van der Waals surface area contributed by atoms with Crippen LogP contribution in [-0.2, 0) is 19.2 Å². The van der Waals surface area contributed by atoms with Gasteiger partial charge in [0.15, 0.2) is 0 Å². The van der Waals surface area contributed by atoms with Crippen molar-refractivity contribution in [3.63, 3.8) is 0 Å². The summed E-state index contributed by atoms with van der Waals surface area (Å²) in [6, 6.07) is -3.51. The van der Waals surface area contributed by atoms with Crippen LogP contribution in [0.5, 0.6) is 0 Å². The number of carboxylic acids is 2. The monoisotopic (exact) mass is 349 g/mol. The highest BCUT2D eigenvalue weighted by atomic mass is 32.1. The maximum absolute atomic E-state index is 12.1. The average Bonchev–Trinajstić information content (AvgIpc) is 2.41. The van der Waals surface area contributed by atoms with Gasteiger partial charge < -0.3 is 26.6 Å². The van der Waals surface area contributed by atoms with E-state index in [1.807, 2.05) is 13.8 Å². The number of aliphatic carboxylic acids is 2. The number of thiol groups is 1. The Balaban J connectivity index is 4.75. The Bertz CT molecular complexity index is 457. The topological polar surface area (TPSA) is 159 Å². The van der Waals surface area contributed by atoms with Crippen LogP contribution in [0.25, 0.3) is 0 Å². The Morgan fingerprint density at radius 3 is 1.96 bits per heavy atom. The molecule has 3 atom stereocenters. The molecule has 0 heterocycles. The van der Waals surface area contributed by atoms with E-state index in [0.717, 1.165) is 0 Å². The molecule has 0 saturated carbocycles. The van der Waals surface area contributed by atoms with Gasteiger partial charge in [-0.25, -0.2) is 4.79 Å². The molecule has 0 radical (unpaired) electrons. The third kappa shape index (κ3) is 8.41. The number of amides is 2. The zero-order valence-electron chi connectivity index (χ0n) is 13.0. The molecule has 10 heteroatoms. The summed E-state index contributed by atoms with van der Waals surface area (Å²) < 4.78 is 0. The summed E-state index contributed by atoms with van der Waals surface area (Å²) >= 11 is 3.93. The van der Waals surface area contributed by atoms with Crippen LogP contribution in [0.4, 0.5) is 0 Å². The number of nitrogens with one attached hydrogen (secondary N) is 2. The van der Waals surface area contributed by atoms with E-state index in [1.165, 1.54) is 0 Å². The van der Waals surface area contributed by atoms with E-state index in [0.29, 0.717) is 0 Å². The number of carbonyl (C=O) groups is 4. The highest BCUT2D eigenvalue weighted by Gasteiger charge is 2.28. The molecule has 9 nitrogen and oxygen atoms in total. The summed E-state index contributed by atoms with van der Waals surface area (Å²) in [6.07, 6.45) is -0.356. The molecule has 132 valence electrons. The van der Waals surface area contributed by atoms with Gasteiger partial charge in [-0.3, -0.25) is 14.4 Å². The number of hydrogen-bond acceptors (Lipinski definition) is 6.